The highest BCUT2D eigenvalue weighted by atomic mass is 19.1. The summed E-state index contributed by atoms with van der Waals surface area (Å²) in [6.45, 7) is 5.32. The molecular weight excluding hydrogens is 400 g/mol. The molecule has 0 amide bonds. The summed E-state index contributed by atoms with van der Waals surface area (Å²) in [6.07, 6.45) is 1.51. The molecule has 0 saturated carbocycles. The fourth-order valence-corrected chi connectivity index (χ4v) is 4.70. The third-order valence-electron chi connectivity index (χ3n) is 6.42. The number of piperazine rings is 1. The highest BCUT2D eigenvalue weighted by molar-refractivity contribution is 5.82. The molecule has 1 N–H and O–H groups in total. The van der Waals surface area contributed by atoms with E-state index in [9.17, 15) is 13.6 Å². The van der Waals surface area contributed by atoms with Crippen molar-refractivity contribution < 1.29 is 13.5 Å². The van der Waals surface area contributed by atoms with E-state index in [1.54, 1.807) is 0 Å². The van der Waals surface area contributed by atoms with Gasteiger partial charge in [-0.05, 0) is 43.2 Å². The monoisotopic (exact) mass is 425 g/mol. The van der Waals surface area contributed by atoms with Gasteiger partial charge < -0.3 is 14.6 Å². The van der Waals surface area contributed by atoms with Crippen LogP contribution in [0.15, 0.2) is 41.2 Å². The van der Waals surface area contributed by atoms with Gasteiger partial charge in [-0.3, -0.25) is 9.69 Å². The number of H-pyrrole nitrogens is 1. The van der Waals surface area contributed by atoms with Crippen molar-refractivity contribution in [1.29, 1.82) is 0 Å². The minimum Gasteiger partial charge on any atom is -0.493 e. The molecule has 1 atom stereocenters. The summed E-state index contributed by atoms with van der Waals surface area (Å²) in [5, 5.41) is 0.976. The van der Waals surface area contributed by atoms with Gasteiger partial charge in [-0.2, -0.15) is 0 Å². The number of aryl methyl sites for hydroxylation is 1. The molecule has 0 spiro atoms. The van der Waals surface area contributed by atoms with Crippen molar-refractivity contribution in [1.82, 2.24) is 9.88 Å². The number of pyridine rings is 1. The van der Waals surface area contributed by atoms with Gasteiger partial charge in [0.25, 0.3) is 5.56 Å². The first kappa shape index (κ1) is 20.0. The van der Waals surface area contributed by atoms with Crippen molar-refractivity contribution in [3.05, 3.63) is 69.5 Å². The van der Waals surface area contributed by atoms with Gasteiger partial charge in [0.2, 0.25) is 0 Å². The molecule has 2 aromatic carbocycles. The van der Waals surface area contributed by atoms with Crippen LogP contribution in [0.5, 0.6) is 5.75 Å². The number of fused-ring (bicyclic) bond motifs is 3. The molecule has 1 aromatic heterocycles. The first-order chi connectivity index (χ1) is 15.0. The number of aromatic amines is 1. The lowest BCUT2D eigenvalue weighted by Crippen LogP contribution is -2.53. The van der Waals surface area contributed by atoms with Crippen molar-refractivity contribution in [2.45, 2.75) is 32.4 Å². The van der Waals surface area contributed by atoms with Gasteiger partial charge in [0.05, 0.1) is 12.3 Å². The van der Waals surface area contributed by atoms with E-state index >= 15 is 0 Å². The smallest absolute Gasteiger partial charge is 0.251 e. The summed E-state index contributed by atoms with van der Waals surface area (Å²) in [6, 6.07) is 9.93. The van der Waals surface area contributed by atoms with E-state index in [4.69, 9.17) is 4.74 Å². The first-order valence-electron chi connectivity index (χ1n) is 10.8. The van der Waals surface area contributed by atoms with E-state index in [-0.39, 0.29) is 11.6 Å². The fraction of sp³-hybridized carbons (Fsp3) is 0.375. The maximum absolute atomic E-state index is 14.3. The van der Waals surface area contributed by atoms with Crippen molar-refractivity contribution in [3.63, 3.8) is 0 Å². The number of hydrogen-bond acceptors (Lipinski definition) is 4. The number of aromatic nitrogens is 1. The molecule has 0 radical (unpaired) electrons. The second-order valence-electron chi connectivity index (χ2n) is 8.33. The molecule has 1 saturated heterocycles. The first-order valence-corrected chi connectivity index (χ1v) is 10.8. The normalized spacial score (nSPS) is 19.3. The molecule has 162 valence electrons. The number of halogens is 2. The van der Waals surface area contributed by atoms with Crippen LogP contribution < -0.4 is 15.2 Å². The number of benzene rings is 2. The van der Waals surface area contributed by atoms with Crippen LogP contribution in [-0.4, -0.2) is 42.2 Å². The van der Waals surface area contributed by atoms with E-state index < -0.39 is 11.6 Å². The van der Waals surface area contributed by atoms with Gasteiger partial charge in [0.15, 0.2) is 0 Å². The Bertz CT molecular complexity index is 1190. The summed E-state index contributed by atoms with van der Waals surface area (Å²) < 4.78 is 33.7. The maximum Gasteiger partial charge on any atom is 0.251 e. The van der Waals surface area contributed by atoms with Gasteiger partial charge in [0, 0.05) is 60.3 Å². The van der Waals surface area contributed by atoms with Crippen molar-refractivity contribution in [2.24, 2.45) is 0 Å². The lowest BCUT2D eigenvalue weighted by atomic mass is 10.0. The average Bonchev–Trinajstić information content (AvgIpc) is 2.73. The Balaban J connectivity index is 1.42. The van der Waals surface area contributed by atoms with Crippen molar-refractivity contribution in [2.75, 3.05) is 31.1 Å². The van der Waals surface area contributed by atoms with Gasteiger partial charge in [-0.1, -0.05) is 6.92 Å². The lowest BCUT2D eigenvalue weighted by molar-refractivity contribution is 0.126. The zero-order valence-electron chi connectivity index (χ0n) is 17.5. The predicted molar refractivity (Wildman–Crippen MR) is 117 cm³/mol. The second-order valence-corrected chi connectivity index (χ2v) is 8.33. The molecule has 5 nitrogen and oxygen atoms in total. The van der Waals surface area contributed by atoms with Gasteiger partial charge >= 0.3 is 0 Å². The van der Waals surface area contributed by atoms with E-state index in [2.05, 4.69) is 9.88 Å². The zero-order chi connectivity index (χ0) is 21.5. The van der Waals surface area contributed by atoms with E-state index in [1.807, 2.05) is 30.0 Å². The van der Waals surface area contributed by atoms with Crippen LogP contribution in [0, 0.1) is 11.6 Å². The predicted octanol–water partition coefficient (Wildman–Crippen LogP) is 3.84. The highest BCUT2D eigenvalue weighted by Gasteiger charge is 2.30. The molecule has 5 rings (SSSR count). The molecule has 0 unspecified atom stereocenters. The SMILES string of the molecule is CCc1cc2cc3c(cc2[nH]c1=O)CN1CCN(c2ccc(F)cc2F)C[C@H]1CCO3. The molecule has 0 aliphatic carbocycles. The summed E-state index contributed by atoms with van der Waals surface area (Å²) in [4.78, 5) is 19.6. The molecule has 3 aromatic rings. The Morgan fingerprint density at radius 1 is 1.16 bits per heavy atom. The minimum absolute atomic E-state index is 0.0467. The van der Waals surface area contributed by atoms with Gasteiger partial charge in [0.1, 0.15) is 17.4 Å². The summed E-state index contributed by atoms with van der Waals surface area (Å²) in [7, 11) is 0. The topological polar surface area (TPSA) is 48.6 Å². The van der Waals surface area contributed by atoms with Gasteiger partial charge in [-0.25, -0.2) is 8.78 Å². The van der Waals surface area contributed by atoms with Crippen LogP contribution >= 0.6 is 0 Å². The Morgan fingerprint density at radius 3 is 2.84 bits per heavy atom. The van der Waals surface area contributed by atoms with E-state index in [1.165, 1.54) is 12.1 Å². The zero-order valence-corrected chi connectivity index (χ0v) is 17.5. The molecule has 2 aliphatic heterocycles. The summed E-state index contributed by atoms with van der Waals surface area (Å²) >= 11 is 0. The summed E-state index contributed by atoms with van der Waals surface area (Å²) in [5.41, 5.74) is 3.02. The van der Waals surface area contributed by atoms with Gasteiger partial charge in [-0.15, -0.1) is 0 Å². The number of nitrogens with zero attached hydrogens (tertiary/aromatic N) is 2. The number of nitrogens with one attached hydrogen (secondary N) is 1. The molecule has 31 heavy (non-hydrogen) atoms. The number of anilines is 1. The van der Waals surface area contributed by atoms with Crippen LogP contribution in [0.2, 0.25) is 0 Å². The van der Waals surface area contributed by atoms with Crippen LogP contribution in [0.1, 0.15) is 24.5 Å². The molecule has 2 aliphatic rings. The molecular formula is C24H25F2N3O2. The highest BCUT2D eigenvalue weighted by Crippen LogP contribution is 2.31. The quantitative estimate of drug-likeness (QED) is 0.678. The Kier molecular flexibility index (Phi) is 5.14. The molecule has 0 bridgehead atoms. The molecule has 7 heteroatoms. The third kappa shape index (κ3) is 3.78. The van der Waals surface area contributed by atoms with Crippen LogP contribution in [0.4, 0.5) is 14.5 Å². The lowest BCUT2D eigenvalue weighted by Gasteiger charge is -2.43. The largest absolute Gasteiger partial charge is 0.493 e. The average molecular weight is 425 g/mol. The third-order valence-corrected chi connectivity index (χ3v) is 6.42. The number of hydrogen-bond donors (Lipinski definition) is 1. The minimum atomic E-state index is -0.563. The van der Waals surface area contributed by atoms with E-state index in [0.717, 1.165) is 46.8 Å². The van der Waals surface area contributed by atoms with Crippen LogP contribution in [0.25, 0.3) is 10.9 Å². The standard InChI is InChI=1S/C24H25F2N3O2/c1-2-15-9-16-11-23-17(10-21(16)27-24(15)30)13-28-6-7-29(14-19(28)5-8-31-23)22-4-3-18(25)12-20(22)26/h3-4,9-12,19H,2,5-8,13-14H2,1H3,(H,27,30)/t19-/m1/s1. The Morgan fingerprint density at radius 2 is 2.03 bits per heavy atom. The summed E-state index contributed by atoms with van der Waals surface area (Å²) in [5.74, 6) is -0.234. The van der Waals surface area contributed by atoms with Crippen molar-refractivity contribution >= 4 is 16.6 Å². The molecule has 1 fully saturated rings. The number of rotatable bonds is 2. The molecule has 3 heterocycles. The second kappa shape index (κ2) is 7.96. The van der Waals surface area contributed by atoms with E-state index in [0.29, 0.717) is 38.3 Å². The fourth-order valence-electron chi connectivity index (χ4n) is 4.70. The van der Waals surface area contributed by atoms with Crippen LogP contribution in [-0.2, 0) is 13.0 Å². The Hall–Kier alpha value is -2.93. The van der Waals surface area contributed by atoms with Crippen LogP contribution in [0.3, 0.4) is 0 Å². The van der Waals surface area contributed by atoms with Crippen molar-refractivity contribution in [3.8, 4) is 5.75 Å². The Labute approximate surface area is 179 Å². The maximum atomic E-state index is 14.3. The number of ether oxygens (including phenoxy) is 1.